The minimum absolute atomic E-state index is 0.125. The lowest BCUT2D eigenvalue weighted by molar-refractivity contribution is -0.138. The van der Waals surface area contributed by atoms with Gasteiger partial charge in [-0.25, -0.2) is 0 Å². The van der Waals surface area contributed by atoms with Crippen molar-refractivity contribution in [1.82, 2.24) is 0 Å². The van der Waals surface area contributed by atoms with E-state index in [9.17, 15) is 4.79 Å². The van der Waals surface area contributed by atoms with Crippen LogP contribution < -0.4 is 5.73 Å². The third-order valence-electron chi connectivity index (χ3n) is 3.54. The Bertz CT molecular complexity index is 223. The Kier molecular flexibility index (Phi) is 21.8. The summed E-state index contributed by atoms with van der Waals surface area (Å²) in [6.07, 6.45) is 14.7. The van der Waals surface area contributed by atoms with E-state index in [0.29, 0.717) is 6.42 Å². The van der Waals surface area contributed by atoms with Crippen LogP contribution in [0.4, 0.5) is 0 Å². The van der Waals surface area contributed by atoms with Crippen LogP contribution in [0.3, 0.4) is 0 Å². The van der Waals surface area contributed by atoms with Gasteiger partial charge in [0.05, 0.1) is 13.2 Å². The van der Waals surface area contributed by atoms with Crippen molar-refractivity contribution in [2.24, 2.45) is 5.73 Å². The standard InChI is InChI=1S/C15H31NO2.C2H6O2/c1-2-3-4-5-6-7-8-9-10-11-12-13-14(16)15(17)18;3-1-2-4/h14H,2-13,16H2,1H3,(H,17,18);3-4H,1-2H2. The summed E-state index contributed by atoms with van der Waals surface area (Å²) >= 11 is 0. The number of unbranched alkanes of at least 4 members (excludes halogenated alkanes) is 10. The molecule has 0 aliphatic rings. The second-order valence-electron chi connectivity index (χ2n) is 5.72. The quantitative estimate of drug-likeness (QED) is 0.368. The van der Waals surface area contributed by atoms with Gasteiger partial charge in [-0.2, -0.15) is 0 Å². The molecule has 0 bridgehead atoms. The molecule has 0 saturated heterocycles. The van der Waals surface area contributed by atoms with E-state index in [0.717, 1.165) is 12.8 Å². The number of nitrogens with two attached hydrogens (primary N) is 1. The lowest BCUT2D eigenvalue weighted by Gasteiger charge is -2.05. The average molecular weight is 319 g/mol. The number of hydrogen-bond donors (Lipinski definition) is 4. The number of carboxylic acid groups (broad SMARTS) is 1. The molecule has 5 nitrogen and oxygen atoms in total. The highest BCUT2D eigenvalue weighted by Crippen LogP contribution is 2.12. The van der Waals surface area contributed by atoms with E-state index in [1.807, 2.05) is 0 Å². The summed E-state index contributed by atoms with van der Waals surface area (Å²) in [5.74, 6) is -0.873. The summed E-state index contributed by atoms with van der Waals surface area (Å²) < 4.78 is 0. The van der Waals surface area contributed by atoms with E-state index in [1.54, 1.807) is 0 Å². The summed E-state index contributed by atoms with van der Waals surface area (Å²) in [5, 5.41) is 23.9. The highest BCUT2D eigenvalue weighted by Gasteiger charge is 2.09. The fraction of sp³-hybridized carbons (Fsp3) is 0.941. The number of aliphatic hydroxyl groups is 2. The van der Waals surface area contributed by atoms with E-state index in [-0.39, 0.29) is 13.2 Å². The minimum Gasteiger partial charge on any atom is -0.480 e. The Morgan fingerprint density at radius 2 is 1.18 bits per heavy atom. The van der Waals surface area contributed by atoms with Crippen LogP contribution in [0.15, 0.2) is 0 Å². The Morgan fingerprint density at radius 3 is 1.50 bits per heavy atom. The smallest absolute Gasteiger partial charge is 0.320 e. The molecule has 1 unspecified atom stereocenters. The summed E-state index contributed by atoms with van der Waals surface area (Å²) in [6.45, 7) is 2.00. The number of aliphatic carboxylic acids is 1. The Morgan fingerprint density at radius 1 is 0.818 bits per heavy atom. The largest absolute Gasteiger partial charge is 0.480 e. The molecule has 5 heteroatoms. The molecule has 5 N–H and O–H groups in total. The lowest BCUT2D eigenvalue weighted by Crippen LogP contribution is -2.29. The van der Waals surface area contributed by atoms with Gasteiger partial charge in [0.15, 0.2) is 0 Å². The van der Waals surface area contributed by atoms with Crippen molar-refractivity contribution in [3.05, 3.63) is 0 Å². The molecule has 0 aromatic heterocycles. The van der Waals surface area contributed by atoms with Crippen LogP contribution in [0.1, 0.15) is 84.0 Å². The molecular weight excluding hydrogens is 282 g/mol. The number of aliphatic hydroxyl groups excluding tert-OH is 2. The molecule has 134 valence electrons. The predicted octanol–water partition coefficient (Wildman–Crippen LogP) is 3.07. The average Bonchev–Trinajstić information content (AvgIpc) is 2.52. The zero-order valence-electron chi connectivity index (χ0n) is 14.3. The van der Waals surface area contributed by atoms with Crippen molar-refractivity contribution in [3.63, 3.8) is 0 Å². The highest BCUT2D eigenvalue weighted by atomic mass is 16.4. The van der Waals surface area contributed by atoms with Gasteiger partial charge in [0.25, 0.3) is 0 Å². The highest BCUT2D eigenvalue weighted by molar-refractivity contribution is 5.72. The first-order chi connectivity index (χ1) is 10.6. The molecular formula is C17H37NO4. The lowest BCUT2D eigenvalue weighted by atomic mass is 10.0. The molecule has 0 aliphatic heterocycles. The van der Waals surface area contributed by atoms with Gasteiger partial charge in [-0.1, -0.05) is 77.6 Å². The van der Waals surface area contributed by atoms with Crippen LogP contribution in [-0.2, 0) is 4.79 Å². The van der Waals surface area contributed by atoms with Crippen molar-refractivity contribution in [3.8, 4) is 0 Å². The third kappa shape index (κ3) is 21.6. The fourth-order valence-electron chi connectivity index (χ4n) is 2.15. The molecule has 0 fully saturated rings. The molecule has 0 amide bonds. The number of carboxylic acids is 1. The third-order valence-corrected chi connectivity index (χ3v) is 3.54. The van der Waals surface area contributed by atoms with Crippen LogP contribution in [0.5, 0.6) is 0 Å². The molecule has 0 aromatic carbocycles. The van der Waals surface area contributed by atoms with Gasteiger partial charge >= 0.3 is 5.97 Å². The van der Waals surface area contributed by atoms with Crippen LogP contribution in [0.2, 0.25) is 0 Å². The maximum Gasteiger partial charge on any atom is 0.320 e. The van der Waals surface area contributed by atoms with Crippen molar-refractivity contribution < 1.29 is 20.1 Å². The molecule has 1 atom stereocenters. The van der Waals surface area contributed by atoms with E-state index < -0.39 is 12.0 Å². The summed E-state index contributed by atoms with van der Waals surface area (Å²) in [7, 11) is 0. The number of hydrogen-bond acceptors (Lipinski definition) is 4. The Balaban J connectivity index is 0. The SMILES string of the molecule is CCCCCCCCCCCCCC(N)C(=O)O.OCCO. The molecule has 0 aliphatic carbocycles. The van der Waals surface area contributed by atoms with Crippen molar-refractivity contribution in [1.29, 1.82) is 0 Å². The number of rotatable bonds is 14. The Labute approximate surface area is 135 Å². The first kappa shape index (κ1) is 23.6. The molecule has 22 heavy (non-hydrogen) atoms. The van der Waals surface area contributed by atoms with E-state index in [2.05, 4.69) is 6.92 Å². The van der Waals surface area contributed by atoms with Gasteiger partial charge < -0.3 is 21.1 Å². The summed E-state index contributed by atoms with van der Waals surface area (Å²) in [5.41, 5.74) is 5.44. The first-order valence-electron chi connectivity index (χ1n) is 8.80. The van der Waals surface area contributed by atoms with Crippen LogP contribution in [0, 0.1) is 0 Å². The molecule has 0 spiro atoms. The van der Waals surface area contributed by atoms with Gasteiger partial charge in [-0.15, -0.1) is 0 Å². The second-order valence-corrected chi connectivity index (χ2v) is 5.72. The maximum absolute atomic E-state index is 10.5. The van der Waals surface area contributed by atoms with Gasteiger partial charge in [0, 0.05) is 0 Å². The Hall–Kier alpha value is -0.650. The molecule has 0 saturated carbocycles. The minimum atomic E-state index is -0.873. The van der Waals surface area contributed by atoms with Crippen LogP contribution >= 0.6 is 0 Å². The zero-order chi connectivity index (χ0) is 17.1. The summed E-state index contributed by atoms with van der Waals surface area (Å²) in [4.78, 5) is 10.5. The van der Waals surface area contributed by atoms with Crippen LogP contribution in [-0.4, -0.2) is 40.5 Å². The van der Waals surface area contributed by atoms with Gasteiger partial charge in [-0.3, -0.25) is 4.79 Å². The second kappa shape index (κ2) is 20.3. The normalized spacial score (nSPS) is 11.6. The zero-order valence-corrected chi connectivity index (χ0v) is 14.3. The fourth-order valence-corrected chi connectivity index (χ4v) is 2.15. The molecule has 0 rings (SSSR count). The van der Waals surface area contributed by atoms with E-state index in [1.165, 1.54) is 57.8 Å². The van der Waals surface area contributed by atoms with Crippen molar-refractivity contribution in [2.75, 3.05) is 13.2 Å². The van der Waals surface area contributed by atoms with Gasteiger partial charge in [0.2, 0.25) is 0 Å². The van der Waals surface area contributed by atoms with Gasteiger partial charge in [0.1, 0.15) is 6.04 Å². The maximum atomic E-state index is 10.5. The molecule has 0 aromatic rings. The molecule has 0 radical (unpaired) electrons. The van der Waals surface area contributed by atoms with Crippen molar-refractivity contribution in [2.45, 2.75) is 90.0 Å². The van der Waals surface area contributed by atoms with Crippen molar-refractivity contribution >= 4 is 5.97 Å². The van der Waals surface area contributed by atoms with E-state index in [4.69, 9.17) is 21.1 Å². The van der Waals surface area contributed by atoms with Gasteiger partial charge in [-0.05, 0) is 6.42 Å². The monoisotopic (exact) mass is 319 g/mol. The van der Waals surface area contributed by atoms with E-state index >= 15 is 0 Å². The summed E-state index contributed by atoms with van der Waals surface area (Å²) in [6, 6.07) is -0.663. The molecule has 0 heterocycles. The first-order valence-corrected chi connectivity index (χ1v) is 8.80. The topological polar surface area (TPSA) is 104 Å². The number of carbonyl (C=O) groups is 1. The predicted molar refractivity (Wildman–Crippen MR) is 90.9 cm³/mol. The van der Waals surface area contributed by atoms with Crippen LogP contribution in [0.25, 0.3) is 0 Å².